The minimum atomic E-state index is 0.628. The van der Waals surface area contributed by atoms with Crippen molar-refractivity contribution in [3.05, 3.63) is 30.1 Å². The average molecular weight is 328 g/mol. The first kappa shape index (κ1) is 19.0. The van der Waals surface area contributed by atoms with Gasteiger partial charge in [-0.15, -0.1) is 11.8 Å². The van der Waals surface area contributed by atoms with E-state index >= 15 is 0 Å². The van der Waals surface area contributed by atoms with Crippen molar-refractivity contribution in [1.82, 2.24) is 4.90 Å². The molecule has 1 fully saturated rings. The van der Waals surface area contributed by atoms with Crippen LogP contribution in [0, 0.1) is 11.8 Å². The zero-order chi connectivity index (χ0) is 17.0. The molecule has 2 heteroatoms. The molecule has 0 N–H and O–H groups in total. The Kier molecular flexibility index (Phi) is 8.92. The number of hydrogen-bond acceptors (Lipinski definition) is 1. The van der Waals surface area contributed by atoms with Crippen LogP contribution in [0.2, 0.25) is 0 Å². The maximum absolute atomic E-state index is 3.31. The lowest BCUT2D eigenvalue weighted by Crippen LogP contribution is -2.34. The van der Waals surface area contributed by atoms with E-state index in [9.17, 15) is 0 Å². The highest BCUT2D eigenvalue weighted by atomic mass is 15.1. The monoisotopic (exact) mass is 327 g/mol. The normalized spacial score (nSPS) is 17.7. The average Bonchev–Trinajstić information content (AvgIpc) is 3.03. The Bertz CT molecular complexity index is 526. The second kappa shape index (κ2) is 11.3. The van der Waals surface area contributed by atoms with E-state index < -0.39 is 0 Å². The van der Waals surface area contributed by atoms with Gasteiger partial charge in [-0.3, -0.25) is 4.90 Å². The standard InChI is InChI=1S/C22H35N2/c1-3-4-5-6-7-8-9-10-11-12-18-24-19-13-15-21(20-24)22-16-14-17-23(22)2/h13,15,19-20,22H,3-5,8-12,14,16-18H2,1-2H3/q+1. The van der Waals surface area contributed by atoms with Gasteiger partial charge in [0.1, 0.15) is 6.54 Å². The van der Waals surface area contributed by atoms with Crippen molar-refractivity contribution in [2.24, 2.45) is 0 Å². The molecule has 1 unspecified atom stereocenters. The Balaban J connectivity index is 1.61. The van der Waals surface area contributed by atoms with Crippen LogP contribution < -0.4 is 4.57 Å². The lowest BCUT2D eigenvalue weighted by atomic mass is 10.1. The van der Waals surface area contributed by atoms with Gasteiger partial charge in [0.2, 0.25) is 0 Å². The maximum Gasteiger partial charge on any atom is 0.173 e. The molecule has 1 saturated heterocycles. The minimum absolute atomic E-state index is 0.628. The fraction of sp³-hybridized carbons (Fsp3) is 0.682. The molecule has 0 aliphatic carbocycles. The quantitative estimate of drug-likeness (QED) is 0.356. The van der Waals surface area contributed by atoms with Crippen LogP contribution in [0.25, 0.3) is 0 Å². The Morgan fingerprint density at radius 2 is 1.92 bits per heavy atom. The molecule has 24 heavy (non-hydrogen) atoms. The molecule has 1 atom stereocenters. The van der Waals surface area contributed by atoms with E-state index in [4.69, 9.17) is 0 Å². The third-order valence-corrected chi connectivity index (χ3v) is 5.03. The van der Waals surface area contributed by atoms with Crippen LogP contribution in [0.1, 0.15) is 82.7 Å². The van der Waals surface area contributed by atoms with Gasteiger partial charge < -0.3 is 0 Å². The summed E-state index contributed by atoms with van der Waals surface area (Å²) in [5.41, 5.74) is 1.49. The summed E-state index contributed by atoms with van der Waals surface area (Å²) in [4.78, 5) is 2.49. The van der Waals surface area contributed by atoms with Gasteiger partial charge in [-0.2, -0.15) is 0 Å². The first-order valence-electron chi connectivity index (χ1n) is 9.96. The lowest BCUT2D eigenvalue weighted by molar-refractivity contribution is -0.697. The number of rotatable bonds is 9. The summed E-state index contributed by atoms with van der Waals surface area (Å²) in [6.45, 7) is 4.61. The fourth-order valence-corrected chi connectivity index (χ4v) is 3.51. The zero-order valence-corrected chi connectivity index (χ0v) is 15.8. The Labute approximate surface area is 149 Å². The highest BCUT2D eigenvalue weighted by Gasteiger charge is 2.24. The fourth-order valence-electron chi connectivity index (χ4n) is 3.51. The van der Waals surface area contributed by atoms with Crippen LogP contribution in [0.15, 0.2) is 24.5 Å². The molecular weight excluding hydrogens is 292 g/mol. The second-order valence-electron chi connectivity index (χ2n) is 7.14. The molecule has 0 saturated carbocycles. The van der Waals surface area contributed by atoms with Gasteiger partial charge in [-0.25, -0.2) is 4.57 Å². The molecular formula is C22H35N2+. The lowest BCUT2D eigenvalue weighted by Gasteiger charge is -2.18. The molecule has 1 aromatic heterocycles. The molecule has 1 aliphatic rings. The molecule has 2 nitrogen and oxygen atoms in total. The predicted octanol–water partition coefficient (Wildman–Crippen LogP) is 4.88. The van der Waals surface area contributed by atoms with Gasteiger partial charge in [0.25, 0.3) is 0 Å². The number of unbranched alkanes of at least 4 members (excludes halogenated alkanes) is 6. The van der Waals surface area contributed by atoms with Crippen molar-refractivity contribution in [2.75, 3.05) is 13.6 Å². The van der Waals surface area contributed by atoms with Gasteiger partial charge in [0.15, 0.2) is 12.4 Å². The van der Waals surface area contributed by atoms with E-state index in [2.05, 4.69) is 59.8 Å². The summed E-state index contributed by atoms with van der Waals surface area (Å²) in [5, 5.41) is 0. The molecule has 1 aromatic rings. The third-order valence-electron chi connectivity index (χ3n) is 5.03. The molecule has 0 bridgehead atoms. The predicted molar refractivity (Wildman–Crippen MR) is 102 cm³/mol. The zero-order valence-electron chi connectivity index (χ0n) is 15.8. The van der Waals surface area contributed by atoms with Crippen LogP contribution >= 0.6 is 0 Å². The molecule has 0 aromatic carbocycles. The minimum Gasteiger partial charge on any atom is -0.299 e. The largest absolute Gasteiger partial charge is 0.299 e. The van der Waals surface area contributed by atoms with Crippen LogP contribution in [0.3, 0.4) is 0 Å². The molecule has 1 aliphatic heterocycles. The summed E-state index contributed by atoms with van der Waals surface area (Å²) < 4.78 is 2.38. The van der Waals surface area contributed by atoms with Gasteiger partial charge in [0.05, 0.1) is 0 Å². The van der Waals surface area contributed by atoms with Crippen molar-refractivity contribution in [3.63, 3.8) is 0 Å². The maximum atomic E-state index is 3.31. The molecule has 0 spiro atoms. The number of nitrogens with zero attached hydrogens (tertiary/aromatic N) is 2. The summed E-state index contributed by atoms with van der Waals surface area (Å²) >= 11 is 0. The SMILES string of the molecule is CCCCC#CCCCCCC[n+]1cccc(C2CCCN2C)c1. The van der Waals surface area contributed by atoms with E-state index in [1.807, 2.05) is 0 Å². The van der Waals surface area contributed by atoms with Crippen LogP contribution in [-0.4, -0.2) is 18.5 Å². The number of pyridine rings is 1. The second-order valence-corrected chi connectivity index (χ2v) is 7.14. The van der Waals surface area contributed by atoms with E-state index in [0.29, 0.717) is 6.04 Å². The van der Waals surface area contributed by atoms with Crippen LogP contribution in [0.4, 0.5) is 0 Å². The Hall–Kier alpha value is -1.33. The summed E-state index contributed by atoms with van der Waals surface area (Å²) in [7, 11) is 2.25. The van der Waals surface area contributed by atoms with Gasteiger partial charge in [0, 0.05) is 36.9 Å². The number of aryl methyl sites for hydroxylation is 1. The van der Waals surface area contributed by atoms with E-state index in [0.717, 1.165) is 19.4 Å². The Morgan fingerprint density at radius 3 is 2.67 bits per heavy atom. The molecule has 2 rings (SSSR count). The molecule has 2 heterocycles. The molecule has 0 amide bonds. The van der Waals surface area contributed by atoms with Crippen molar-refractivity contribution in [1.29, 1.82) is 0 Å². The number of aromatic nitrogens is 1. The van der Waals surface area contributed by atoms with Crippen molar-refractivity contribution < 1.29 is 4.57 Å². The van der Waals surface area contributed by atoms with Crippen molar-refractivity contribution >= 4 is 0 Å². The number of likely N-dealkylation sites (tertiary alicyclic amines) is 1. The Morgan fingerprint density at radius 1 is 1.12 bits per heavy atom. The topological polar surface area (TPSA) is 7.12 Å². The third kappa shape index (κ3) is 6.65. The van der Waals surface area contributed by atoms with E-state index in [1.54, 1.807) is 0 Å². The van der Waals surface area contributed by atoms with E-state index in [-0.39, 0.29) is 0 Å². The first-order chi connectivity index (χ1) is 11.8. The van der Waals surface area contributed by atoms with Gasteiger partial charge in [-0.1, -0.05) is 19.8 Å². The first-order valence-corrected chi connectivity index (χ1v) is 9.96. The van der Waals surface area contributed by atoms with E-state index in [1.165, 1.54) is 63.5 Å². The smallest absolute Gasteiger partial charge is 0.173 e. The molecule has 132 valence electrons. The number of hydrogen-bond donors (Lipinski definition) is 0. The van der Waals surface area contributed by atoms with Crippen molar-refractivity contribution in [3.8, 4) is 11.8 Å². The summed E-state index contributed by atoms with van der Waals surface area (Å²) in [6.07, 6.45) is 17.1. The van der Waals surface area contributed by atoms with Crippen LogP contribution in [0.5, 0.6) is 0 Å². The van der Waals surface area contributed by atoms with Crippen molar-refractivity contribution in [2.45, 2.75) is 83.7 Å². The highest BCUT2D eigenvalue weighted by Crippen LogP contribution is 2.29. The summed E-state index contributed by atoms with van der Waals surface area (Å²) in [6, 6.07) is 5.14. The van der Waals surface area contributed by atoms with Gasteiger partial charge >= 0.3 is 0 Å². The van der Waals surface area contributed by atoms with Crippen LogP contribution in [-0.2, 0) is 6.54 Å². The highest BCUT2D eigenvalue weighted by molar-refractivity contribution is 5.12. The summed E-state index contributed by atoms with van der Waals surface area (Å²) in [5.74, 6) is 6.59. The molecule has 0 radical (unpaired) electrons. The van der Waals surface area contributed by atoms with Gasteiger partial charge in [-0.05, 0) is 51.8 Å².